The van der Waals surface area contributed by atoms with Gasteiger partial charge in [0.05, 0.1) is 0 Å². The molecule has 0 saturated heterocycles. The van der Waals surface area contributed by atoms with Crippen LogP contribution in [0.1, 0.15) is 34.7 Å². The quantitative estimate of drug-likeness (QED) is 0.853. The number of halogens is 1. The molecule has 0 spiro atoms. The summed E-state index contributed by atoms with van der Waals surface area (Å²) in [6.45, 7) is 4.08. The lowest BCUT2D eigenvalue weighted by atomic mass is 9.97. The fourth-order valence-corrected chi connectivity index (χ4v) is 2.45. The summed E-state index contributed by atoms with van der Waals surface area (Å²) >= 11 is 0. The smallest absolute Gasteiger partial charge is 0.127 e. The third-order valence-corrected chi connectivity index (χ3v) is 3.72. The summed E-state index contributed by atoms with van der Waals surface area (Å²) in [6, 6.07) is 13.9. The van der Waals surface area contributed by atoms with Crippen molar-refractivity contribution in [3.05, 3.63) is 70.5 Å². The normalized spacial score (nSPS) is 12.4. The minimum Gasteiger partial charge on any atom is -0.313 e. The van der Waals surface area contributed by atoms with Crippen LogP contribution in [0.4, 0.5) is 4.39 Å². The minimum absolute atomic E-state index is 0.0520. The fourth-order valence-electron chi connectivity index (χ4n) is 2.45. The van der Waals surface area contributed by atoms with Crippen molar-refractivity contribution in [2.75, 3.05) is 7.05 Å². The molecule has 0 heterocycles. The third kappa shape index (κ3) is 3.67. The summed E-state index contributed by atoms with van der Waals surface area (Å²) in [4.78, 5) is 0. The first-order valence-corrected chi connectivity index (χ1v) is 7.09. The van der Waals surface area contributed by atoms with Gasteiger partial charge in [0.15, 0.2) is 0 Å². The van der Waals surface area contributed by atoms with Crippen LogP contribution in [0, 0.1) is 19.7 Å². The second kappa shape index (κ2) is 6.67. The average Bonchev–Trinajstić information content (AvgIpc) is 2.45. The van der Waals surface area contributed by atoms with E-state index in [1.165, 1.54) is 11.1 Å². The highest BCUT2D eigenvalue weighted by molar-refractivity contribution is 5.27. The lowest BCUT2D eigenvalue weighted by molar-refractivity contribution is 0.508. The molecule has 0 aliphatic rings. The lowest BCUT2D eigenvalue weighted by Crippen LogP contribution is -2.18. The second-order valence-electron chi connectivity index (χ2n) is 5.39. The van der Waals surface area contributed by atoms with Crippen LogP contribution in [0.25, 0.3) is 0 Å². The Hall–Kier alpha value is -1.67. The molecule has 1 atom stereocenters. The van der Waals surface area contributed by atoms with Gasteiger partial charge in [-0.25, -0.2) is 4.39 Å². The van der Waals surface area contributed by atoms with Gasteiger partial charge < -0.3 is 5.32 Å². The van der Waals surface area contributed by atoms with E-state index in [1.807, 2.05) is 26.1 Å². The van der Waals surface area contributed by atoms with Gasteiger partial charge in [-0.05, 0) is 45.4 Å². The van der Waals surface area contributed by atoms with E-state index in [9.17, 15) is 4.39 Å². The molecule has 2 aromatic carbocycles. The average molecular weight is 271 g/mol. The maximum atomic E-state index is 13.9. The number of nitrogens with one attached hydrogen (secondary N) is 1. The van der Waals surface area contributed by atoms with Gasteiger partial charge in [0.2, 0.25) is 0 Å². The number of hydrogen-bond donors (Lipinski definition) is 1. The monoisotopic (exact) mass is 271 g/mol. The van der Waals surface area contributed by atoms with Gasteiger partial charge in [0.1, 0.15) is 5.82 Å². The van der Waals surface area contributed by atoms with Crippen molar-refractivity contribution in [1.82, 2.24) is 5.32 Å². The Balaban J connectivity index is 2.09. The zero-order valence-corrected chi connectivity index (χ0v) is 12.4. The van der Waals surface area contributed by atoms with Crippen LogP contribution in [0.2, 0.25) is 0 Å². The van der Waals surface area contributed by atoms with Gasteiger partial charge in [0.25, 0.3) is 0 Å². The Kier molecular flexibility index (Phi) is 4.91. The van der Waals surface area contributed by atoms with Crippen molar-refractivity contribution < 1.29 is 4.39 Å². The molecule has 1 N–H and O–H groups in total. The molecule has 106 valence electrons. The molecule has 0 radical (unpaired) electrons. The first-order valence-electron chi connectivity index (χ1n) is 7.09. The molecule has 0 aliphatic heterocycles. The van der Waals surface area contributed by atoms with Crippen LogP contribution < -0.4 is 5.32 Å². The van der Waals surface area contributed by atoms with Crippen LogP contribution >= 0.6 is 0 Å². The van der Waals surface area contributed by atoms with Crippen LogP contribution in [0.3, 0.4) is 0 Å². The molecule has 1 nitrogen and oxygen atoms in total. The van der Waals surface area contributed by atoms with Crippen molar-refractivity contribution in [1.29, 1.82) is 0 Å². The Labute approximate surface area is 120 Å². The first-order chi connectivity index (χ1) is 9.60. The molecule has 0 bridgehead atoms. The van der Waals surface area contributed by atoms with Gasteiger partial charge in [-0.3, -0.25) is 0 Å². The lowest BCUT2D eigenvalue weighted by Gasteiger charge is -2.18. The predicted octanol–water partition coefficient (Wildman–Crippen LogP) is 4.34. The van der Waals surface area contributed by atoms with Crippen molar-refractivity contribution in [2.24, 2.45) is 0 Å². The van der Waals surface area contributed by atoms with E-state index in [0.29, 0.717) is 0 Å². The summed E-state index contributed by atoms with van der Waals surface area (Å²) in [7, 11) is 1.89. The van der Waals surface area contributed by atoms with E-state index in [2.05, 4.69) is 36.5 Å². The van der Waals surface area contributed by atoms with E-state index in [4.69, 9.17) is 0 Å². The Morgan fingerprint density at radius 2 is 1.65 bits per heavy atom. The van der Waals surface area contributed by atoms with Crippen LogP contribution in [-0.4, -0.2) is 7.05 Å². The summed E-state index contributed by atoms with van der Waals surface area (Å²) in [5.74, 6) is -0.126. The highest BCUT2D eigenvalue weighted by atomic mass is 19.1. The second-order valence-corrected chi connectivity index (χ2v) is 5.39. The molecule has 2 rings (SSSR count). The summed E-state index contributed by atoms with van der Waals surface area (Å²) in [6.07, 6.45) is 1.83. The summed E-state index contributed by atoms with van der Waals surface area (Å²) in [5.41, 5.74) is 4.42. The maximum Gasteiger partial charge on any atom is 0.127 e. The van der Waals surface area contributed by atoms with E-state index >= 15 is 0 Å². The molecule has 0 saturated carbocycles. The number of aryl methyl sites for hydroxylation is 3. The van der Waals surface area contributed by atoms with E-state index in [-0.39, 0.29) is 11.9 Å². The largest absolute Gasteiger partial charge is 0.313 e. The van der Waals surface area contributed by atoms with Crippen molar-refractivity contribution in [3.63, 3.8) is 0 Å². The zero-order valence-electron chi connectivity index (χ0n) is 12.4. The van der Waals surface area contributed by atoms with E-state index in [0.717, 1.165) is 24.0 Å². The van der Waals surface area contributed by atoms with Gasteiger partial charge in [-0.15, -0.1) is 0 Å². The first kappa shape index (κ1) is 14.7. The SMILES string of the molecule is CNC(CCc1ccc(C)cc1)c1cc(C)ccc1F. The summed E-state index contributed by atoms with van der Waals surface area (Å²) < 4.78 is 13.9. The highest BCUT2D eigenvalue weighted by Crippen LogP contribution is 2.23. The molecule has 0 fully saturated rings. The number of benzene rings is 2. The Morgan fingerprint density at radius 1 is 1.00 bits per heavy atom. The maximum absolute atomic E-state index is 13.9. The standard InChI is InChI=1S/C18H22FN/c1-13-4-7-15(8-5-13)9-11-18(20-3)16-12-14(2)6-10-17(16)19/h4-8,10,12,18,20H,9,11H2,1-3H3. The van der Waals surface area contributed by atoms with Crippen molar-refractivity contribution >= 4 is 0 Å². The number of hydrogen-bond acceptors (Lipinski definition) is 1. The van der Waals surface area contributed by atoms with Crippen molar-refractivity contribution in [3.8, 4) is 0 Å². The minimum atomic E-state index is -0.126. The van der Waals surface area contributed by atoms with Gasteiger partial charge in [0, 0.05) is 11.6 Å². The topological polar surface area (TPSA) is 12.0 Å². The van der Waals surface area contributed by atoms with Crippen LogP contribution in [0.15, 0.2) is 42.5 Å². The molecule has 2 aromatic rings. The molecular formula is C18H22FN. The molecule has 2 heteroatoms. The highest BCUT2D eigenvalue weighted by Gasteiger charge is 2.14. The van der Waals surface area contributed by atoms with Crippen LogP contribution in [0.5, 0.6) is 0 Å². The fraction of sp³-hybridized carbons (Fsp3) is 0.333. The third-order valence-electron chi connectivity index (χ3n) is 3.72. The summed E-state index contributed by atoms with van der Waals surface area (Å²) in [5, 5.41) is 3.23. The zero-order chi connectivity index (χ0) is 14.5. The molecule has 0 aliphatic carbocycles. The molecule has 20 heavy (non-hydrogen) atoms. The Bertz CT molecular complexity index is 560. The van der Waals surface area contributed by atoms with E-state index < -0.39 is 0 Å². The van der Waals surface area contributed by atoms with Crippen LogP contribution in [-0.2, 0) is 6.42 Å². The molecule has 0 amide bonds. The number of rotatable bonds is 5. The molecule has 0 aromatic heterocycles. The van der Waals surface area contributed by atoms with Crippen molar-refractivity contribution in [2.45, 2.75) is 32.7 Å². The Morgan fingerprint density at radius 3 is 2.30 bits per heavy atom. The molecule has 1 unspecified atom stereocenters. The predicted molar refractivity (Wildman–Crippen MR) is 82.4 cm³/mol. The van der Waals surface area contributed by atoms with Gasteiger partial charge >= 0.3 is 0 Å². The van der Waals surface area contributed by atoms with Gasteiger partial charge in [-0.1, -0.05) is 47.5 Å². The van der Waals surface area contributed by atoms with E-state index in [1.54, 1.807) is 6.07 Å². The van der Waals surface area contributed by atoms with Gasteiger partial charge in [-0.2, -0.15) is 0 Å². The molecular weight excluding hydrogens is 249 g/mol.